The van der Waals surface area contributed by atoms with Gasteiger partial charge in [0.2, 0.25) is 0 Å². The Kier molecular flexibility index (Phi) is 10.1. The van der Waals surface area contributed by atoms with E-state index in [4.69, 9.17) is 0 Å². The fraction of sp³-hybridized carbons (Fsp3) is 0. The van der Waals surface area contributed by atoms with Crippen LogP contribution in [-0.4, -0.2) is 22.8 Å². The largest absolute Gasteiger partial charge is 0.309 e. The van der Waals surface area contributed by atoms with Crippen LogP contribution in [0, 0.1) is 22.7 Å². The molecule has 0 bridgehead atoms. The van der Waals surface area contributed by atoms with E-state index in [1.165, 1.54) is 15.5 Å². The van der Waals surface area contributed by atoms with Crippen molar-refractivity contribution in [3.8, 4) is 51.7 Å². The first-order valence-electron chi connectivity index (χ1n) is 29.6. The van der Waals surface area contributed by atoms with Gasteiger partial charge in [0.25, 0.3) is 0 Å². The number of nitrogens with zero attached hydrogens (tertiary/aromatic N) is 7. The minimum absolute atomic E-state index is 0.410. The zero-order chi connectivity index (χ0) is 57.9. The number of benzene rings is 13. The Hall–Kier alpha value is -11.9. The Morgan fingerprint density at radius 3 is 1.10 bits per heavy atom. The molecule has 19 rings (SSSR count). The Morgan fingerprint density at radius 2 is 0.625 bits per heavy atom. The van der Waals surface area contributed by atoms with Gasteiger partial charge in [0.05, 0.1) is 77.9 Å². The molecule has 0 aliphatic heterocycles. The van der Waals surface area contributed by atoms with E-state index in [0.717, 1.165) is 131 Å². The molecule has 7 nitrogen and oxygen atoms in total. The fourth-order valence-electron chi connectivity index (χ4n) is 15.1. The minimum Gasteiger partial charge on any atom is -0.309 e. The van der Waals surface area contributed by atoms with Gasteiger partial charge in [-0.3, -0.25) is 0 Å². The van der Waals surface area contributed by atoms with Crippen molar-refractivity contribution in [3.63, 3.8) is 0 Å². The van der Waals surface area contributed by atoms with E-state index >= 15 is 0 Å². The lowest BCUT2D eigenvalue weighted by Crippen LogP contribution is -2.16. The molecule has 0 radical (unpaired) electrons. The number of nitriles is 2. The molecule has 88 heavy (non-hydrogen) atoms. The van der Waals surface area contributed by atoms with Crippen molar-refractivity contribution in [2.75, 3.05) is 0 Å². The smallest absolute Gasteiger partial charge is 0.104 e. The van der Waals surface area contributed by atoms with E-state index in [9.17, 15) is 10.5 Å². The summed E-state index contributed by atoms with van der Waals surface area (Å²) in [6.07, 6.45) is 0. The number of hydrogen-bond acceptors (Lipinski definition) is 3. The van der Waals surface area contributed by atoms with Crippen LogP contribution in [0.5, 0.6) is 0 Å². The first kappa shape index (κ1) is 48.4. The van der Waals surface area contributed by atoms with Crippen LogP contribution in [0.2, 0.25) is 0 Å². The van der Waals surface area contributed by atoms with Gasteiger partial charge in [-0.2, -0.15) is 10.5 Å². The second-order valence-corrected chi connectivity index (χ2v) is 23.9. The summed E-state index contributed by atoms with van der Waals surface area (Å²) >= 11 is 1.80. The van der Waals surface area contributed by atoms with Gasteiger partial charge >= 0.3 is 0 Å². The quantitative estimate of drug-likeness (QED) is 0.166. The van der Waals surface area contributed by atoms with Gasteiger partial charge in [-0.05, 0) is 90.0 Å². The molecule has 0 unspecified atom stereocenters. The number of thiophene rings is 1. The van der Waals surface area contributed by atoms with E-state index in [-0.39, 0.29) is 0 Å². The first-order valence-corrected chi connectivity index (χ1v) is 30.4. The summed E-state index contributed by atoms with van der Waals surface area (Å²) in [6.45, 7) is 0. The Morgan fingerprint density at radius 1 is 0.261 bits per heavy atom. The zero-order valence-corrected chi connectivity index (χ0v) is 47.8. The number of rotatable bonds is 6. The van der Waals surface area contributed by atoms with Crippen LogP contribution in [0.1, 0.15) is 11.1 Å². The fourth-order valence-corrected chi connectivity index (χ4v) is 16.3. The van der Waals surface area contributed by atoms with Crippen LogP contribution >= 0.6 is 11.3 Å². The van der Waals surface area contributed by atoms with Crippen LogP contribution in [0.4, 0.5) is 0 Å². The van der Waals surface area contributed by atoms with Crippen molar-refractivity contribution in [2.45, 2.75) is 0 Å². The summed E-state index contributed by atoms with van der Waals surface area (Å²) in [6, 6.07) is 103. The second-order valence-electron chi connectivity index (χ2n) is 22.9. The predicted molar refractivity (Wildman–Crippen MR) is 366 cm³/mol. The van der Waals surface area contributed by atoms with Crippen LogP contribution in [0.3, 0.4) is 0 Å². The normalized spacial score (nSPS) is 12.1. The number of aromatic nitrogens is 5. The van der Waals surface area contributed by atoms with E-state index in [2.05, 4.69) is 308 Å². The monoisotopic (exact) mass is 1140 g/mol. The minimum atomic E-state index is 0.410. The topological polar surface area (TPSA) is 72.2 Å². The molecule has 0 N–H and O–H groups in total. The highest BCUT2D eigenvalue weighted by Gasteiger charge is 2.35. The molecular formula is C80H45N7S. The van der Waals surface area contributed by atoms with Gasteiger partial charge in [-0.15, -0.1) is 11.3 Å². The molecule has 6 aromatic heterocycles. The molecule has 8 heteroatoms. The number of fused-ring (bicyclic) bond motifs is 19. The van der Waals surface area contributed by atoms with Crippen molar-refractivity contribution >= 4 is 141 Å². The number of hydrogen-bond donors (Lipinski definition) is 0. The van der Waals surface area contributed by atoms with Crippen molar-refractivity contribution in [1.29, 1.82) is 10.5 Å². The highest BCUT2D eigenvalue weighted by molar-refractivity contribution is 7.26. The Labute approximate surface area is 506 Å². The van der Waals surface area contributed by atoms with Crippen LogP contribution in [0.15, 0.2) is 273 Å². The number of para-hydroxylation sites is 8. The molecule has 406 valence electrons. The molecule has 0 aliphatic carbocycles. The van der Waals surface area contributed by atoms with E-state index < -0.39 is 0 Å². The Bertz CT molecular complexity index is 6180. The molecule has 0 saturated carbocycles. The van der Waals surface area contributed by atoms with Crippen molar-refractivity contribution in [2.24, 2.45) is 0 Å². The summed E-state index contributed by atoms with van der Waals surface area (Å²) in [5.74, 6) is 0. The second kappa shape index (κ2) is 18.3. The van der Waals surface area contributed by atoms with Crippen molar-refractivity contribution in [1.82, 2.24) is 22.8 Å². The maximum atomic E-state index is 13.1. The maximum absolute atomic E-state index is 13.1. The SMILES string of the molecule is N#Cc1c(-n2c3ccccc3c3ccccc32)c(-n2c3ccccc3c3ccccc32)c(C#N)c(-n2c3cc(-c4cccc5c4c4ccccc4n5-c4ccccc4)ccc3c3c4sc5ccccc5c4ccc32)c1-n1c2ccccc2c2ccccc21. The third-order valence-corrected chi connectivity index (χ3v) is 19.8. The molecular weight excluding hydrogens is 1090 g/mol. The Balaban J connectivity index is 1.07. The lowest BCUT2D eigenvalue weighted by Gasteiger charge is -2.27. The van der Waals surface area contributed by atoms with Gasteiger partial charge in [0.15, 0.2) is 0 Å². The first-order chi connectivity index (χ1) is 43.7. The van der Waals surface area contributed by atoms with Crippen LogP contribution < -0.4 is 0 Å². The summed E-state index contributed by atoms with van der Waals surface area (Å²) < 4.78 is 13.9. The highest BCUT2D eigenvalue weighted by atomic mass is 32.1. The molecule has 0 saturated heterocycles. The zero-order valence-electron chi connectivity index (χ0n) is 47.0. The molecule has 6 heterocycles. The van der Waals surface area contributed by atoms with Crippen molar-refractivity contribution < 1.29 is 0 Å². The van der Waals surface area contributed by atoms with Gasteiger partial charge in [-0.1, -0.05) is 194 Å². The average molecular weight is 1140 g/mol. The molecule has 13 aromatic carbocycles. The van der Waals surface area contributed by atoms with E-state index in [1.807, 2.05) is 0 Å². The van der Waals surface area contributed by atoms with Crippen LogP contribution in [-0.2, 0) is 0 Å². The average Bonchev–Trinajstić information content (AvgIpc) is 1.47. The van der Waals surface area contributed by atoms with Crippen LogP contribution in [0.25, 0.3) is 169 Å². The van der Waals surface area contributed by atoms with E-state index in [0.29, 0.717) is 33.9 Å². The maximum Gasteiger partial charge on any atom is 0.104 e. The highest BCUT2D eigenvalue weighted by Crippen LogP contribution is 2.51. The third kappa shape index (κ3) is 6.42. The molecule has 0 amide bonds. The predicted octanol–water partition coefficient (Wildman–Crippen LogP) is 21.0. The molecule has 0 spiro atoms. The molecule has 0 aliphatic rings. The lowest BCUT2D eigenvalue weighted by molar-refractivity contribution is 1.02. The third-order valence-electron chi connectivity index (χ3n) is 18.6. The standard InChI is InChI=1S/C80H45N7S/c81-46-61-76(84-63-32-12-4-23-51(63)52-24-5-13-33-64(52)84)77(85-65-34-14-6-25-53(65)54-26-7-15-35-66(54)85)62(47-82)79(78(61)86-67-36-16-8-27-55(67)56-28-9-17-37-68(56)86)87-71-44-43-58-57-29-11-19-40-73(57)88-80(58)75(71)60-42-41-48(45-72(60)87)50-31-20-39-70-74(50)59-30-10-18-38-69(59)83(70)49-21-2-1-3-22-49/h1-45H. The summed E-state index contributed by atoms with van der Waals surface area (Å²) in [4.78, 5) is 0. The molecule has 0 fully saturated rings. The van der Waals surface area contributed by atoms with Gasteiger partial charge in [0.1, 0.15) is 23.3 Å². The summed E-state index contributed by atoms with van der Waals surface area (Å²) in [5, 5.41) is 39.1. The molecule has 0 atom stereocenters. The summed E-state index contributed by atoms with van der Waals surface area (Å²) in [5.41, 5.74) is 16.0. The van der Waals surface area contributed by atoms with E-state index in [1.54, 1.807) is 11.3 Å². The van der Waals surface area contributed by atoms with Crippen molar-refractivity contribution in [3.05, 3.63) is 284 Å². The van der Waals surface area contributed by atoms with Gasteiger partial charge < -0.3 is 22.8 Å². The van der Waals surface area contributed by atoms with Gasteiger partial charge in [0, 0.05) is 79.7 Å². The van der Waals surface area contributed by atoms with Gasteiger partial charge in [-0.25, -0.2) is 0 Å². The lowest BCUT2D eigenvalue weighted by atomic mass is 9.97. The summed E-state index contributed by atoms with van der Waals surface area (Å²) in [7, 11) is 0. The molecule has 19 aromatic rings.